The molecule has 0 bridgehead atoms. The Labute approximate surface area is 147 Å². The van der Waals surface area contributed by atoms with Gasteiger partial charge in [0.25, 0.3) is 0 Å². The molecule has 0 aromatic heterocycles. The van der Waals surface area contributed by atoms with E-state index in [-0.39, 0.29) is 28.1 Å². The molecule has 0 N–H and O–H groups in total. The summed E-state index contributed by atoms with van der Waals surface area (Å²) in [4.78, 5) is 10.2. The topological polar surface area (TPSA) is 40.1 Å². The second-order valence-corrected chi connectivity index (χ2v) is 6.07. The predicted octanol–water partition coefficient (Wildman–Crippen LogP) is 5.00. The molecule has 0 radical (unpaired) electrons. The molecular formula is C18H35O2Ti-. The average Bonchev–Trinajstić information content (AvgIpc) is 2.43. The van der Waals surface area contributed by atoms with Gasteiger partial charge in [-0.15, -0.1) is 0 Å². The molecule has 0 aliphatic rings. The van der Waals surface area contributed by atoms with Crippen molar-refractivity contribution in [1.29, 1.82) is 0 Å². The Balaban J connectivity index is 0. The molecule has 124 valence electrons. The molecule has 0 aromatic carbocycles. The summed E-state index contributed by atoms with van der Waals surface area (Å²) in [6.07, 6.45) is 19.9. The van der Waals surface area contributed by atoms with E-state index in [0.29, 0.717) is 0 Å². The molecule has 0 aromatic rings. The molecule has 0 saturated carbocycles. The van der Waals surface area contributed by atoms with Crippen LogP contribution in [0.1, 0.15) is 110 Å². The minimum Gasteiger partial charge on any atom is -0.550 e. The van der Waals surface area contributed by atoms with Crippen molar-refractivity contribution in [1.82, 2.24) is 0 Å². The van der Waals surface area contributed by atoms with Crippen LogP contribution in [0.5, 0.6) is 0 Å². The van der Waals surface area contributed by atoms with Crippen molar-refractivity contribution in [2.45, 2.75) is 110 Å². The summed E-state index contributed by atoms with van der Waals surface area (Å²) in [5.74, 6) is -0.903. The van der Waals surface area contributed by atoms with Crippen LogP contribution in [0.4, 0.5) is 0 Å². The Morgan fingerprint density at radius 2 is 0.905 bits per heavy atom. The van der Waals surface area contributed by atoms with E-state index >= 15 is 0 Å². The van der Waals surface area contributed by atoms with Crippen molar-refractivity contribution in [2.75, 3.05) is 0 Å². The SMILES string of the molecule is CCCCCCCCCCCCCCCCCC(=O)[O-].[Ti]. The van der Waals surface area contributed by atoms with Gasteiger partial charge in [-0.25, -0.2) is 0 Å². The summed E-state index contributed by atoms with van der Waals surface area (Å²) in [6.45, 7) is 2.27. The van der Waals surface area contributed by atoms with E-state index in [2.05, 4.69) is 6.92 Å². The Morgan fingerprint density at radius 1 is 0.619 bits per heavy atom. The number of carbonyl (C=O) groups is 1. The second-order valence-electron chi connectivity index (χ2n) is 6.07. The van der Waals surface area contributed by atoms with E-state index in [0.717, 1.165) is 12.8 Å². The number of carboxylic acid groups (broad SMARTS) is 1. The zero-order valence-electron chi connectivity index (χ0n) is 14.1. The Hall–Kier alpha value is 0.184. The first-order valence-corrected chi connectivity index (χ1v) is 8.97. The van der Waals surface area contributed by atoms with Crippen LogP contribution in [0.3, 0.4) is 0 Å². The van der Waals surface area contributed by atoms with Gasteiger partial charge in [0.2, 0.25) is 0 Å². The van der Waals surface area contributed by atoms with Crippen molar-refractivity contribution in [3.05, 3.63) is 0 Å². The molecule has 0 saturated heterocycles. The first kappa shape index (κ1) is 23.5. The molecular weight excluding hydrogens is 296 g/mol. The molecule has 0 amide bonds. The number of rotatable bonds is 16. The number of carboxylic acids is 1. The molecule has 0 atom stereocenters. The van der Waals surface area contributed by atoms with E-state index in [1.165, 1.54) is 83.5 Å². The van der Waals surface area contributed by atoms with Crippen LogP contribution in [-0.2, 0) is 26.5 Å². The minimum absolute atomic E-state index is 0. The largest absolute Gasteiger partial charge is 0.550 e. The van der Waals surface area contributed by atoms with E-state index in [1.807, 2.05) is 0 Å². The van der Waals surface area contributed by atoms with Gasteiger partial charge in [0.05, 0.1) is 0 Å². The summed E-state index contributed by atoms with van der Waals surface area (Å²) in [5.41, 5.74) is 0. The van der Waals surface area contributed by atoms with Crippen molar-refractivity contribution >= 4 is 5.97 Å². The van der Waals surface area contributed by atoms with Gasteiger partial charge in [-0.1, -0.05) is 96.8 Å². The summed E-state index contributed by atoms with van der Waals surface area (Å²) >= 11 is 0. The van der Waals surface area contributed by atoms with Crippen LogP contribution in [0.25, 0.3) is 0 Å². The first-order chi connectivity index (χ1) is 9.77. The maximum atomic E-state index is 10.2. The van der Waals surface area contributed by atoms with Gasteiger partial charge >= 0.3 is 0 Å². The molecule has 0 fully saturated rings. The molecule has 0 spiro atoms. The Kier molecular flexibility index (Phi) is 22.5. The predicted molar refractivity (Wildman–Crippen MR) is 84.6 cm³/mol. The zero-order chi connectivity index (χ0) is 14.9. The van der Waals surface area contributed by atoms with E-state index in [1.54, 1.807) is 0 Å². The fourth-order valence-corrected chi connectivity index (χ4v) is 2.64. The van der Waals surface area contributed by atoms with Crippen molar-refractivity contribution < 1.29 is 31.6 Å². The van der Waals surface area contributed by atoms with Gasteiger partial charge in [0.1, 0.15) is 0 Å². The van der Waals surface area contributed by atoms with Gasteiger partial charge in [-0.2, -0.15) is 0 Å². The maximum absolute atomic E-state index is 10.2. The summed E-state index contributed by atoms with van der Waals surface area (Å²) in [7, 11) is 0. The molecule has 2 nitrogen and oxygen atoms in total. The Bertz CT molecular complexity index is 207. The molecule has 21 heavy (non-hydrogen) atoms. The smallest absolute Gasteiger partial charge is 0.0414 e. The number of hydrogen-bond donors (Lipinski definition) is 0. The van der Waals surface area contributed by atoms with Crippen LogP contribution in [0.15, 0.2) is 0 Å². The molecule has 0 rings (SSSR count). The number of unbranched alkanes of at least 4 members (excludes halogenated alkanes) is 14. The summed E-state index contributed by atoms with van der Waals surface area (Å²) in [6, 6.07) is 0. The zero-order valence-corrected chi connectivity index (χ0v) is 15.7. The normalized spacial score (nSPS) is 10.3. The molecule has 0 unspecified atom stereocenters. The van der Waals surface area contributed by atoms with Gasteiger partial charge < -0.3 is 9.90 Å². The molecule has 0 aliphatic heterocycles. The third kappa shape index (κ3) is 22.6. The van der Waals surface area contributed by atoms with E-state index in [9.17, 15) is 9.90 Å². The molecule has 3 heteroatoms. The van der Waals surface area contributed by atoms with Crippen LogP contribution in [0, 0.1) is 0 Å². The maximum Gasteiger partial charge on any atom is 0.0414 e. The summed E-state index contributed by atoms with van der Waals surface area (Å²) in [5, 5.41) is 10.2. The fourth-order valence-electron chi connectivity index (χ4n) is 2.64. The molecule has 0 aliphatic carbocycles. The quantitative estimate of drug-likeness (QED) is 0.295. The third-order valence-electron chi connectivity index (χ3n) is 3.98. The second kappa shape index (κ2) is 20.2. The van der Waals surface area contributed by atoms with Gasteiger partial charge in [-0.05, 0) is 12.8 Å². The van der Waals surface area contributed by atoms with Crippen molar-refractivity contribution in [3.8, 4) is 0 Å². The standard InChI is InChI=1S/C18H36O2.Ti/c1-2-3-4-5-6-7-8-9-10-11-12-13-14-15-16-17-18(19)20;/h2-17H2,1H3,(H,19,20);/p-1. The summed E-state index contributed by atoms with van der Waals surface area (Å²) < 4.78 is 0. The van der Waals surface area contributed by atoms with Crippen LogP contribution in [-0.4, -0.2) is 5.97 Å². The average molecular weight is 331 g/mol. The number of hydrogen-bond acceptors (Lipinski definition) is 2. The van der Waals surface area contributed by atoms with Gasteiger partial charge in [0, 0.05) is 27.7 Å². The monoisotopic (exact) mass is 331 g/mol. The minimum atomic E-state index is -0.903. The van der Waals surface area contributed by atoms with Crippen molar-refractivity contribution in [2.24, 2.45) is 0 Å². The Morgan fingerprint density at radius 3 is 1.19 bits per heavy atom. The van der Waals surface area contributed by atoms with Crippen LogP contribution in [0.2, 0.25) is 0 Å². The van der Waals surface area contributed by atoms with E-state index < -0.39 is 5.97 Å². The molecule has 0 heterocycles. The van der Waals surface area contributed by atoms with Gasteiger partial charge in [-0.3, -0.25) is 0 Å². The third-order valence-corrected chi connectivity index (χ3v) is 3.98. The van der Waals surface area contributed by atoms with Crippen molar-refractivity contribution in [3.63, 3.8) is 0 Å². The van der Waals surface area contributed by atoms with E-state index in [4.69, 9.17) is 0 Å². The van der Waals surface area contributed by atoms with Crippen LogP contribution < -0.4 is 5.11 Å². The number of carbonyl (C=O) groups excluding carboxylic acids is 1. The number of aliphatic carboxylic acids is 1. The fraction of sp³-hybridized carbons (Fsp3) is 0.944. The van der Waals surface area contributed by atoms with Gasteiger partial charge in [0.15, 0.2) is 0 Å². The van der Waals surface area contributed by atoms with Crippen LogP contribution >= 0.6 is 0 Å². The first-order valence-electron chi connectivity index (χ1n) is 8.97.